The number of aromatic nitrogens is 3. The summed E-state index contributed by atoms with van der Waals surface area (Å²) < 4.78 is 3.12. The van der Waals surface area contributed by atoms with Gasteiger partial charge in [-0.15, -0.1) is 11.3 Å². The molecule has 32 heavy (non-hydrogen) atoms. The van der Waals surface area contributed by atoms with Crippen molar-refractivity contribution < 1.29 is 4.79 Å². The van der Waals surface area contributed by atoms with E-state index >= 15 is 0 Å². The van der Waals surface area contributed by atoms with Gasteiger partial charge in [-0.25, -0.2) is 9.50 Å². The highest BCUT2D eigenvalue weighted by Gasteiger charge is 2.27. The Kier molecular flexibility index (Phi) is 5.69. The minimum atomic E-state index is 0.0151. The van der Waals surface area contributed by atoms with Gasteiger partial charge >= 0.3 is 0 Å². The lowest BCUT2D eigenvalue weighted by Crippen LogP contribution is -2.40. The monoisotopic (exact) mass is 447 g/mol. The molecule has 1 amide bonds. The van der Waals surface area contributed by atoms with Crippen LogP contribution in [-0.2, 0) is 13.0 Å². The molecule has 1 N–H and O–H groups in total. The van der Waals surface area contributed by atoms with Gasteiger partial charge in [-0.1, -0.05) is 24.6 Å². The predicted molar refractivity (Wildman–Crippen MR) is 129 cm³/mol. The summed E-state index contributed by atoms with van der Waals surface area (Å²) in [5, 5.41) is 8.64. The average molecular weight is 448 g/mol. The zero-order chi connectivity index (χ0) is 22.2. The smallest absolute Gasteiger partial charge is 0.261 e. The molecule has 4 aromatic rings. The van der Waals surface area contributed by atoms with Gasteiger partial charge in [-0.05, 0) is 62.7 Å². The lowest BCUT2D eigenvalue weighted by molar-refractivity contribution is 0.0964. The highest BCUT2D eigenvalue weighted by atomic mass is 32.1. The van der Waals surface area contributed by atoms with E-state index in [2.05, 4.69) is 46.5 Å². The van der Waals surface area contributed by atoms with Crippen molar-refractivity contribution in [3.63, 3.8) is 0 Å². The van der Waals surface area contributed by atoms with E-state index in [0.717, 1.165) is 47.8 Å². The molecule has 1 aliphatic heterocycles. The molecule has 0 radical (unpaired) electrons. The lowest BCUT2D eigenvalue weighted by Gasteiger charge is -2.35. The number of piperidine rings is 1. The van der Waals surface area contributed by atoms with Crippen LogP contribution < -0.4 is 5.32 Å². The van der Waals surface area contributed by atoms with Crippen LogP contribution in [0.1, 0.15) is 51.4 Å². The van der Waals surface area contributed by atoms with Gasteiger partial charge in [-0.3, -0.25) is 9.69 Å². The molecule has 6 nitrogen and oxygen atoms in total. The second-order valence-electron chi connectivity index (χ2n) is 8.75. The third kappa shape index (κ3) is 3.80. The molecule has 0 saturated carbocycles. The Bertz CT molecular complexity index is 1290. The van der Waals surface area contributed by atoms with Crippen molar-refractivity contribution in [2.24, 2.45) is 0 Å². The molecule has 0 bridgehead atoms. The highest BCUT2D eigenvalue weighted by Crippen LogP contribution is 2.34. The maximum absolute atomic E-state index is 12.7. The number of amides is 1. The SMILES string of the molecule is CNC(=O)c1sc2ccccc2c1C[C@H]1CCCCN1Cc1cnn2c(C)cc(C)nc12. The Hall–Kier alpha value is -2.77. The first-order valence-corrected chi connectivity index (χ1v) is 12.1. The number of likely N-dealkylation sites (tertiary alicyclic amines) is 1. The van der Waals surface area contributed by atoms with Crippen molar-refractivity contribution in [1.82, 2.24) is 24.8 Å². The second-order valence-corrected chi connectivity index (χ2v) is 9.81. The fraction of sp³-hybridized carbons (Fsp3) is 0.400. The summed E-state index contributed by atoms with van der Waals surface area (Å²) in [6, 6.07) is 10.8. The topological polar surface area (TPSA) is 62.5 Å². The molecule has 5 rings (SSSR count). The third-order valence-corrected chi connectivity index (χ3v) is 7.76. The van der Waals surface area contributed by atoms with Gasteiger partial charge in [0.1, 0.15) is 0 Å². The third-order valence-electron chi connectivity index (χ3n) is 6.54. The van der Waals surface area contributed by atoms with Crippen molar-refractivity contribution >= 4 is 33.0 Å². The standard InChI is InChI=1S/C25H29N5OS/c1-16-12-17(2)30-24(28-16)18(14-27-30)15-29-11-7-6-8-19(29)13-21-20-9-4-5-10-22(20)32-23(21)25(31)26-3/h4-5,9-10,12,14,19H,6-8,11,13,15H2,1-3H3,(H,26,31)/t19-/m1/s1. The quantitative estimate of drug-likeness (QED) is 0.489. The first-order valence-electron chi connectivity index (χ1n) is 11.3. The molecule has 1 atom stereocenters. The number of carbonyl (C=O) groups excluding carboxylic acids is 1. The molecule has 3 aromatic heterocycles. The number of thiophene rings is 1. The molecule has 1 aromatic carbocycles. The Labute approximate surface area is 192 Å². The molecule has 7 heteroatoms. The number of aryl methyl sites for hydroxylation is 2. The van der Waals surface area contributed by atoms with Crippen LogP contribution in [0.3, 0.4) is 0 Å². The van der Waals surface area contributed by atoms with Gasteiger partial charge in [0.25, 0.3) is 5.91 Å². The molecule has 1 saturated heterocycles. The van der Waals surface area contributed by atoms with Crippen LogP contribution in [0, 0.1) is 13.8 Å². The molecule has 1 aliphatic rings. The van der Waals surface area contributed by atoms with Gasteiger partial charge < -0.3 is 5.32 Å². The fourth-order valence-electron chi connectivity index (χ4n) is 4.98. The van der Waals surface area contributed by atoms with Crippen molar-refractivity contribution in [2.45, 2.75) is 52.1 Å². The lowest BCUT2D eigenvalue weighted by atomic mass is 9.93. The number of rotatable bonds is 5. The Balaban J connectivity index is 1.47. The van der Waals surface area contributed by atoms with Crippen LogP contribution >= 0.6 is 11.3 Å². The van der Waals surface area contributed by atoms with E-state index in [1.165, 1.54) is 34.1 Å². The molecular formula is C25H29N5OS. The number of hydrogen-bond donors (Lipinski definition) is 1. The minimum Gasteiger partial charge on any atom is -0.354 e. The number of nitrogens with zero attached hydrogens (tertiary/aromatic N) is 4. The summed E-state index contributed by atoms with van der Waals surface area (Å²) >= 11 is 1.60. The van der Waals surface area contributed by atoms with E-state index in [9.17, 15) is 4.79 Å². The molecule has 4 heterocycles. The first kappa shape index (κ1) is 21.1. The van der Waals surface area contributed by atoms with E-state index in [-0.39, 0.29) is 5.91 Å². The summed E-state index contributed by atoms with van der Waals surface area (Å²) in [6.45, 7) is 6.01. The Morgan fingerprint density at radius 1 is 1.25 bits per heavy atom. The number of fused-ring (bicyclic) bond motifs is 2. The first-order chi connectivity index (χ1) is 15.5. The van der Waals surface area contributed by atoms with E-state index in [0.29, 0.717) is 6.04 Å². The largest absolute Gasteiger partial charge is 0.354 e. The normalized spacial score (nSPS) is 17.3. The van der Waals surface area contributed by atoms with Gasteiger partial charge in [0.2, 0.25) is 0 Å². The maximum Gasteiger partial charge on any atom is 0.261 e. The van der Waals surface area contributed by atoms with Crippen LogP contribution in [0.4, 0.5) is 0 Å². The molecule has 0 aliphatic carbocycles. The van der Waals surface area contributed by atoms with E-state index in [1.807, 2.05) is 23.7 Å². The fourth-order valence-corrected chi connectivity index (χ4v) is 6.16. The minimum absolute atomic E-state index is 0.0151. The van der Waals surface area contributed by atoms with Crippen LogP contribution in [-0.4, -0.2) is 45.0 Å². The molecule has 0 unspecified atom stereocenters. The Morgan fingerprint density at radius 3 is 2.94 bits per heavy atom. The maximum atomic E-state index is 12.7. The second kappa shape index (κ2) is 8.64. The molecule has 1 fully saturated rings. The van der Waals surface area contributed by atoms with E-state index in [1.54, 1.807) is 18.4 Å². The van der Waals surface area contributed by atoms with Gasteiger partial charge in [0, 0.05) is 41.3 Å². The van der Waals surface area contributed by atoms with Crippen molar-refractivity contribution in [3.8, 4) is 0 Å². The van der Waals surface area contributed by atoms with Crippen LogP contribution in [0.25, 0.3) is 15.7 Å². The highest BCUT2D eigenvalue weighted by molar-refractivity contribution is 7.21. The Morgan fingerprint density at radius 2 is 2.09 bits per heavy atom. The number of benzene rings is 1. The number of hydrogen-bond acceptors (Lipinski definition) is 5. The molecular weight excluding hydrogens is 418 g/mol. The van der Waals surface area contributed by atoms with E-state index in [4.69, 9.17) is 4.98 Å². The summed E-state index contributed by atoms with van der Waals surface area (Å²) in [5.74, 6) is 0.0151. The van der Waals surface area contributed by atoms with Crippen LogP contribution in [0.2, 0.25) is 0 Å². The zero-order valence-electron chi connectivity index (χ0n) is 18.9. The summed E-state index contributed by atoms with van der Waals surface area (Å²) in [4.78, 5) is 20.9. The van der Waals surface area contributed by atoms with Gasteiger partial charge in [-0.2, -0.15) is 5.10 Å². The average Bonchev–Trinajstić information content (AvgIpc) is 3.36. The molecule has 166 valence electrons. The van der Waals surface area contributed by atoms with Crippen LogP contribution in [0.15, 0.2) is 36.5 Å². The summed E-state index contributed by atoms with van der Waals surface area (Å²) in [7, 11) is 1.71. The predicted octanol–water partition coefficient (Wildman–Crippen LogP) is 4.52. The van der Waals surface area contributed by atoms with E-state index < -0.39 is 0 Å². The summed E-state index contributed by atoms with van der Waals surface area (Å²) in [5.41, 5.74) is 5.44. The van der Waals surface area contributed by atoms with Crippen molar-refractivity contribution in [3.05, 3.63) is 63.9 Å². The summed E-state index contributed by atoms with van der Waals surface area (Å²) in [6.07, 6.45) is 6.42. The van der Waals surface area contributed by atoms with Crippen molar-refractivity contribution in [2.75, 3.05) is 13.6 Å². The number of carbonyl (C=O) groups is 1. The van der Waals surface area contributed by atoms with Gasteiger partial charge in [0.15, 0.2) is 5.65 Å². The molecule has 0 spiro atoms. The van der Waals surface area contributed by atoms with Crippen molar-refractivity contribution in [1.29, 1.82) is 0 Å². The van der Waals surface area contributed by atoms with Crippen LogP contribution in [0.5, 0.6) is 0 Å². The zero-order valence-corrected chi connectivity index (χ0v) is 19.7. The number of nitrogens with one attached hydrogen (secondary N) is 1. The van der Waals surface area contributed by atoms with Gasteiger partial charge in [0.05, 0.1) is 11.1 Å².